The Morgan fingerprint density at radius 2 is 1.85 bits per heavy atom. The van der Waals surface area contributed by atoms with Crippen molar-refractivity contribution >= 4 is 23.5 Å². The van der Waals surface area contributed by atoms with Crippen molar-refractivity contribution < 1.29 is 14.7 Å². The van der Waals surface area contributed by atoms with Gasteiger partial charge in [0.2, 0.25) is 0 Å². The van der Waals surface area contributed by atoms with Gasteiger partial charge in [-0.1, -0.05) is 11.6 Å². The molecule has 20 heavy (non-hydrogen) atoms. The Morgan fingerprint density at radius 1 is 1.25 bits per heavy atom. The first-order chi connectivity index (χ1) is 9.32. The van der Waals surface area contributed by atoms with Crippen LogP contribution in [0.5, 0.6) is 0 Å². The fraction of sp³-hybridized carbons (Fsp3) is 0.467. The van der Waals surface area contributed by atoms with E-state index in [0.717, 1.165) is 5.56 Å². The summed E-state index contributed by atoms with van der Waals surface area (Å²) in [6, 6.07) is 5.26. The SMILES string of the molecule is Cc1cc(Cl)cc(C(=O)N2CCC(C)(C(=O)O)CC2)c1. The molecule has 1 fully saturated rings. The van der Waals surface area contributed by atoms with Gasteiger partial charge in [-0.3, -0.25) is 9.59 Å². The highest BCUT2D eigenvalue weighted by molar-refractivity contribution is 6.31. The molecule has 0 spiro atoms. The second-order valence-corrected chi connectivity index (χ2v) is 6.11. The fourth-order valence-electron chi connectivity index (χ4n) is 2.46. The largest absolute Gasteiger partial charge is 0.481 e. The van der Waals surface area contributed by atoms with Crippen LogP contribution in [0.2, 0.25) is 5.02 Å². The first kappa shape index (κ1) is 14.9. The Bertz CT molecular complexity index is 528. The van der Waals surface area contributed by atoms with E-state index >= 15 is 0 Å². The van der Waals surface area contributed by atoms with Gasteiger partial charge in [-0.05, 0) is 50.5 Å². The van der Waals surface area contributed by atoms with Gasteiger partial charge in [-0.25, -0.2) is 0 Å². The van der Waals surface area contributed by atoms with Gasteiger partial charge in [-0.2, -0.15) is 0 Å². The van der Waals surface area contributed by atoms with Crippen LogP contribution in [0.25, 0.3) is 0 Å². The van der Waals surface area contributed by atoms with E-state index in [2.05, 4.69) is 0 Å². The standard InChI is InChI=1S/C15H18ClNO3/c1-10-7-11(9-12(16)8-10)13(18)17-5-3-15(2,4-6-17)14(19)20/h7-9H,3-6H2,1-2H3,(H,19,20). The molecule has 0 aliphatic carbocycles. The maximum atomic E-state index is 12.4. The van der Waals surface area contributed by atoms with E-state index in [9.17, 15) is 14.7 Å². The molecule has 1 saturated heterocycles. The van der Waals surface area contributed by atoms with Gasteiger partial charge in [0, 0.05) is 23.7 Å². The number of carbonyl (C=O) groups excluding carboxylic acids is 1. The van der Waals surface area contributed by atoms with Crippen LogP contribution in [0.3, 0.4) is 0 Å². The number of aryl methyl sites for hydroxylation is 1. The first-order valence-corrected chi connectivity index (χ1v) is 6.99. The zero-order valence-corrected chi connectivity index (χ0v) is 12.4. The zero-order valence-electron chi connectivity index (χ0n) is 11.6. The maximum Gasteiger partial charge on any atom is 0.309 e. The van der Waals surface area contributed by atoms with E-state index in [1.165, 1.54) is 0 Å². The molecule has 108 valence electrons. The molecule has 2 rings (SSSR count). The van der Waals surface area contributed by atoms with Crippen molar-refractivity contribution in [2.24, 2.45) is 5.41 Å². The number of carboxylic acids is 1. The second-order valence-electron chi connectivity index (χ2n) is 5.68. The van der Waals surface area contributed by atoms with Crippen molar-refractivity contribution in [1.29, 1.82) is 0 Å². The number of piperidine rings is 1. The molecule has 0 unspecified atom stereocenters. The predicted molar refractivity (Wildman–Crippen MR) is 77.1 cm³/mol. The van der Waals surface area contributed by atoms with Crippen LogP contribution in [0.4, 0.5) is 0 Å². The Balaban J connectivity index is 2.10. The van der Waals surface area contributed by atoms with Gasteiger partial charge in [0.05, 0.1) is 5.41 Å². The van der Waals surface area contributed by atoms with E-state index in [4.69, 9.17) is 11.6 Å². The summed E-state index contributed by atoms with van der Waals surface area (Å²) < 4.78 is 0. The molecule has 1 aliphatic rings. The Labute approximate surface area is 123 Å². The molecule has 1 aliphatic heterocycles. The minimum atomic E-state index is -0.789. The normalized spacial score (nSPS) is 17.9. The number of carbonyl (C=O) groups is 2. The zero-order chi connectivity index (χ0) is 14.9. The minimum absolute atomic E-state index is 0.0805. The number of benzene rings is 1. The average Bonchev–Trinajstić information content (AvgIpc) is 2.37. The Kier molecular flexibility index (Phi) is 4.04. The third-order valence-electron chi connectivity index (χ3n) is 3.96. The number of hydrogen-bond donors (Lipinski definition) is 1. The lowest BCUT2D eigenvalue weighted by molar-refractivity contribution is -0.150. The summed E-state index contributed by atoms with van der Waals surface area (Å²) in [4.78, 5) is 25.3. The molecule has 1 aromatic rings. The molecule has 0 aromatic heterocycles. The lowest BCUT2D eigenvalue weighted by Gasteiger charge is -2.36. The van der Waals surface area contributed by atoms with Gasteiger partial charge in [-0.15, -0.1) is 0 Å². The van der Waals surface area contributed by atoms with Crippen molar-refractivity contribution in [1.82, 2.24) is 4.90 Å². The lowest BCUT2D eigenvalue weighted by Crippen LogP contribution is -2.45. The molecular formula is C15H18ClNO3. The highest BCUT2D eigenvalue weighted by Crippen LogP contribution is 2.31. The number of hydrogen-bond acceptors (Lipinski definition) is 2. The monoisotopic (exact) mass is 295 g/mol. The van der Waals surface area contributed by atoms with E-state index in [1.807, 2.05) is 6.92 Å². The number of halogens is 1. The molecule has 0 saturated carbocycles. The highest BCUT2D eigenvalue weighted by atomic mass is 35.5. The van der Waals surface area contributed by atoms with E-state index in [1.54, 1.807) is 30.0 Å². The number of rotatable bonds is 2. The molecule has 5 heteroatoms. The third-order valence-corrected chi connectivity index (χ3v) is 4.18. The number of nitrogens with zero attached hydrogens (tertiary/aromatic N) is 1. The number of amides is 1. The van der Waals surface area contributed by atoms with Gasteiger partial charge < -0.3 is 10.0 Å². The van der Waals surface area contributed by atoms with Crippen LogP contribution in [-0.2, 0) is 4.79 Å². The van der Waals surface area contributed by atoms with Crippen molar-refractivity contribution in [3.63, 3.8) is 0 Å². The summed E-state index contributed by atoms with van der Waals surface area (Å²) in [6.07, 6.45) is 0.960. The first-order valence-electron chi connectivity index (χ1n) is 6.62. The van der Waals surface area contributed by atoms with Crippen LogP contribution in [0.1, 0.15) is 35.7 Å². The van der Waals surface area contributed by atoms with Gasteiger partial charge in [0.25, 0.3) is 5.91 Å². The fourth-order valence-corrected chi connectivity index (χ4v) is 2.75. The Hall–Kier alpha value is -1.55. The average molecular weight is 296 g/mol. The maximum absolute atomic E-state index is 12.4. The molecule has 1 N–H and O–H groups in total. The molecule has 0 atom stereocenters. The van der Waals surface area contributed by atoms with Crippen molar-refractivity contribution in [3.8, 4) is 0 Å². The summed E-state index contributed by atoms with van der Waals surface area (Å²) in [7, 11) is 0. The van der Waals surface area contributed by atoms with E-state index in [0.29, 0.717) is 36.5 Å². The van der Waals surface area contributed by atoms with Gasteiger partial charge >= 0.3 is 5.97 Å². The topological polar surface area (TPSA) is 57.6 Å². The van der Waals surface area contributed by atoms with Crippen LogP contribution < -0.4 is 0 Å². The van der Waals surface area contributed by atoms with Crippen LogP contribution >= 0.6 is 11.6 Å². The van der Waals surface area contributed by atoms with Crippen molar-refractivity contribution in [3.05, 3.63) is 34.3 Å². The summed E-state index contributed by atoms with van der Waals surface area (Å²) >= 11 is 5.97. The Morgan fingerprint density at radius 3 is 2.35 bits per heavy atom. The van der Waals surface area contributed by atoms with Gasteiger partial charge in [0.15, 0.2) is 0 Å². The molecular weight excluding hydrogens is 278 g/mol. The van der Waals surface area contributed by atoms with Gasteiger partial charge in [0.1, 0.15) is 0 Å². The van der Waals surface area contributed by atoms with Crippen LogP contribution in [0, 0.1) is 12.3 Å². The molecule has 0 bridgehead atoms. The summed E-state index contributed by atoms with van der Waals surface area (Å²) in [5, 5.41) is 9.73. The highest BCUT2D eigenvalue weighted by Gasteiger charge is 2.38. The number of likely N-dealkylation sites (tertiary alicyclic amines) is 1. The second kappa shape index (κ2) is 5.44. The van der Waals surface area contributed by atoms with E-state index in [-0.39, 0.29) is 5.91 Å². The predicted octanol–water partition coefficient (Wildman–Crippen LogP) is 2.98. The summed E-state index contributed by atoms with van der Waals surface area (Å²) in [6.45, 7) is 4.56. The number of aliphatic carboxylic acids is 1. The minimum Gasteiger partial charge on any atom is -0.481 e. The van der Waals surface area contributed by atoms with E-state index < -0.39 is 11.4 Å². The lowest BCUT2D eigenvalue weighted by atomic mass is 9.80. The van der Waals surface area contributed by atoms with Crippen molar-refractivity contribution in [2.45, 2.75) is 26.7 Å². The van der Waals surface area contributed by atoms with Crippen LogP contribution in [0.15, 0.2) is 18.2 Å². The quantitative estimate of drug-likeness (QED) is 0.912. The van der Waals surface area contributed by atoms with Crippen LogP contribution in [-0.4, -0.2) is 35.0 Å². The summed E-state index contributed by atoms with van der Waals surface area (Å²) in [5.41, 5.74) is 0.781. The molecule has 1 heterocycles. The smallest absolute Gasteiger partial charge is 0.309 e. The molecule has 1 aromatic carbocycles. The summed E-state index contributed by atoms with van der Waals surface area (Å²) in [5.74, 6) is -0.869. The molecule has 1 amide bonds. The van der Waals surface area contributed by atoms with Crippen molar-refractivity contribution in [2.75, 3.05) is 13.1 Å². The molecule has 4 nitrogen and oxygen atoms in total. The molecule has 0 radical (unpaired) electrons. The number of carboxylic acid groups (broad SMARTS) is 1. The third kappa shape index (κ3) is 2.96.